The quantitative estimate of drug-likeness (QED) is 0.158. The van der Waals surface area contributed by atoms with Crippen molar-refractivity contribution in [1.29, 1.82) is 0 Å². The number of anilines is 9. The molecule has 302 valence electrons. The maximum absolute atomic E-state index is 3.44. The molecule has 9 nitrogen and oxygen atoms in total. The molecule has 0 radical (unpaired) electrons. The van der Waals surface area contributed by atoms with Gasteiger partial charge < -0.3 is 44.1 Å². The van der Waals surface area contributed by atoms with Gasteiger partial charge in [0.2, 0.25) is 0 Å². The van der Waals surface area contributed by atoms with Crippen molar-refractivity contribution in [2.75, 3.05) is 171 Å². The number of nitrogens with zero attached hydrogens (tertiary/aromatic N) is 9. The van der Waals surface area contributed by atoms with E-state index in [9.17, 15) is 0 Å². The Morgan fingerprint density at radius 1 is 0.309 bits per heavy atom. The van der Waals surface area contributed by atoms with Gasteiger partial charge in [-0.05, 0) is 90.8 Å². The third-order valence-electron chi connectivity index (χ3n) is 11.9. The highest BCUT2D eigenvalue weighted by Crippen LogP contribution is 2.52. The van der Waals surface area contributed by atoms with Crippen molar-refractivity contribution < 1.29 is 0 Å². The van der Waals surface area contributed by atoms with E-state index in [4.69, 9.17) is 0 Å². The summed E-state index contributed by atoms with van der Waals surface area (Å²) in [6.07, 6.45) is 0. The fourth-order valence-corrected chi connectivity index (χ4v) is 16.2. The normalized spacial score (nSPS) is 13.4. The molecule has 3 aromatic rings. The number of rotatable bonds is 13. The molecular formula is C45H73N9Si. The second kappa shape index (κ2) is 16.0. The topological polar surface area (TPSA) is 29.2 Å². The Bertz CT molecular complexity index is 1670. The van der Waals surface area contributed by atoms with Crippen LogP contribution in [0.1, 0.15) is 27.7 Å². The predicted molar refractivity (Wildman–Crippen MR) is 253 cm³/mol. The van der Waals surface area contributed by atoms with Crippen molar-refractivity contribution in [3.8, 4) is 0 Å². The molecule has 0 unspecified atom stereocenters. The first-order valence-corrected chi connectivity index (χ1v) is 21.5. The van der Waals surface area contributed by atoms with Crippen molar-refractivity contribution in [1.82, 2.24) is 0 Å². The molecule has 3 aromatic carbocycles. The van der Waals surface area contributed by atoms with Crippen molar-refractivity contribution >= 4 is 74.8 Å². The Morgan fingerprint density at radius 3 is 0.636 bits per heavy atom. The lowest BCUT2D eigenvalue weighted by atomic mass is 10.1. The Kier molecular flexibility index (Phi) is 12.6. The van der Waals surface area contributed by atoms with Crippen LogP contribution in [0.3, 0.4) is 0 Å². The molecule has 0 saturated carbocycles. The van der Waals surface area contributed by atoms with E-state index >= 15 is 0 Å². The minimum Gasteiger partial charge on any atom is -0.378 e. The first-order valence-electron chi connectivity index (χ1n) is 19.4. The van der Waals surface area contributed by atoms with Gasteiger partial charge in [0, 0.05) is 184 Å². The molecule has 0 saturated heterocycles. The fourth-order valence-electron chi connectivity index (χ4n) is 8.70. The highest BCUT2D eigenvalue weighted by atomic mass is 28.3. The smallest absolute Gasteiger partial charge is 0.175 e. The third kappa shape index (κ3) is 7.34. The number of hydrogen-bond acceptors (Lipinski definition) is 9. The van der Waals surface area contributed by atoms with Crippen LogP contribution in [0.25, 0.3) is 0 Å². The van der Waals surface area contributed by atoms with Crippen LogP contribution in [0.15, 0.2) is 58.7 Å². The summed E-state index contributed by atoms with van der Waals surface area (Å²) >= 11 is 0. The van der Waals surface area contributed by atoms with E-state index in [1.54, 1.807) is 0 Å². The summed E-state index contributed by atoms with van der Waals surface area (Å²) in [4.78, 5) is 21.0. The highest BCUT2D eigenvalue weighted by molar-refractivity contribution is 7.17. The van der Waals surface area contributed by atoms with Crippen LogP contribution in [0.4, 0.5) is 51.2 Å². The molecule has 1 aliphatic carbocycles. The van der Waals surface area contributed by atoms with Gasteiger partial charge in [0.15, 0.2) is 8.07 Å². The standard InChI is InChI=1S/C45H73N9Si/c1-29-30(2)32(4)42(31(29)3)55(43-36(49(11)12)23-33(46(5)6)24-37(43)50(13)14,44-38(51(15)16)25-34(47(7)8)26-39(44)52(17)18)45-40(53(19)20)27-35(48(9)10)28-41(45)54(21)22/h23-28,42H,1-22H3. The van der Waals surface area contributed by atoms with Gasteiger partial charge in [0.05, 0.1) is 0 Å². The second-order valence-corrected chi connectivity index (χ2v) is 21.2. The van der Waals surface area contributed by atoms with E-state index in [1.807, 2.05) is 0 Å². The van der Waals surface area contributed by atoms with E-state index in [0.717, 1.165) is 0 Å². The molecular weight excluding hydrogens is 695 g/mol. The number of allylic oxidation sites excluding steroid dienone is 4. The molecule has 0 spiro atoms. The van der Waals surface area contributed by atoms with Gasteiger partial charge in [0.25, 0.3) is 0 Å². The van der Waals surface area contributed by atoms with Crippen LogP contribution >= 0.6 is 0 Å². The Balaban J connectivity index is 2.73. The van der Waals surface area contributed by atoms with Gasteiger partial charge in [0.1, 0.15) is 0 Å². The third-order valence-corrected chi connectivity index (χ3v) is 17.5. The van der Waals surface area contributed by atoms with E-state index < -0.39 is 8.07 Å². The highest BCUT2D eigenvalue weighted by Gasteiger charge is 2.58. The zero-order valence-electron chi connectivity index (χ0n) is 38.6. The molecule has 0 fully saturated rings. The molecule has 0 aliphatic heterocycles. The molecule has 10 heteroatoms. The summed E-state index contributed by atoms with van der Waals surface area (Å²) in [6.45, 7) is 9.56. The molecule has 0 heterocycles. The van der Waals surface area contributed by atoms with Gasteiger partial charge in [-0.2, -0.15) is 0 Å². The first kappa shape index (κ1) is 43.3. The lowest BCUT2D eigenvalue weighted by Gasteiger charge is -2.49. The first-order chi connectivity index (χ1) is 25.4. The van der Waals surface area contributed by atoms with Crippen molar-refractivity contribution in [2.24, 2.45) is 0 Å². The molecule has 0 aromatic heterocycles. The summed E-state index contributed by atoms with van der Waals surface area (Å²) in [7, 11) is 36.3. The van der Waals surface area contributed by atoms with Gasteiger partial charge in [-0.3, -0.25) is 0 Å². The molecule has 1 aliphatic rings. The summed E-state index contributed by atoms with van der Waals surface area (Å²) in [5.41, 5.74) is 16.9. The van der Waals surface area contributed by atoms with Crippen LogP contribution in [-0.4, -0.2) is 135 Å². The van der Waals surface area contributed by atoms with E-state index in [-0.39, 0.29) is 5.54 Å². The van der Waals surface area contributed by atoms with E-state index in [0.29, 0.717) is 0 Å². The molecule has 4 rings (SSSR count). The minimum atomic E-state index is -3.44. The summed E-state index contributed by atoms with van der Waals surface area (Å²) < 4.78 is 0. The summed E-state index contributed by atoms with van der Waals surface area (Å²) in [5, 5.41) is 4.27. The minimum absolute atomic E-state index is 0.111. The zero-order valence-corrected chi connectivity index (χ0v) is 39.6. The lowest BCUT2D eigenvalue weighted by Crippen LogP contribution is -2.73. The fraction of sp³-hybridized carbons (Fsp3) is 0.511. The van der Waals surface area contributed by atoms with Crippen LogP contribution in [0.5, 0.6) is 0 Å². The molecule has 0 bridgehead atoms. The number of hydrogen-bond donors (Lipinski definition) is 0. The van der Waals surface area contributed by atoms with Crippen LogP contribution < -0.4 is 59.7 Å². The van der Waals surface area contributed by atoms with Crippen LogP contribution in [0, 0.1) is 0 Å². The van der Waals surface area contributed by atoms with Gasteiger partial charge in [-0.1, -0.05) is 11.1 Å². The maximum Gasteiger partial charge on any atom is 0.175 e. The Morgan fingerprint density at radius 2 is 0.491 bits per heavy atom. The van der Waals surface area contributed by atoms with Crippen molar-refractivity contribution in [3.05, 3.63) is 58.7 Å². The summed E-state index contributed by atoms with van der Waals surface area (Å²) in [5.74, 6) is 0. The second-order valence-electron chi connectivity index (χ2n) is 17.5. The molecule has 55 heavy (non-hydrogen) atoms. The van der Waals surface area contributed by atoms with Crippen LogP contribution in [0.2, 0.25) is 5.54 Å². The largest absolute Gasteiger partial charge is 0.378 e. The Hall–Kier alpha value is -4.44. The monoisotopic (exact) mass is 768 g/mol. The van der Waals surface area contributed by atoms with Gasteiger partial charge in [-0.25, -0.2) is 0 Å². The SMILES string of the molecule is CC1=C(C)C([Si](c2c(N(C)C)cc(N(C)C)cc2N(C)C)(c2c(N(C)C)cc(N(C)C)cc2N(C)C)c2c(N(C)C)cc(N(C)C)cc2N(C)C)C(C)=C1C. The van der Waals surface area contributed by atoms with E-state index in [1.165, 1.54) is 89.0 Å². The molecule has 0 N–H and O–H groups in total. The predicted octanol–water partition coefficient (Wildman–Crippen LogP) is 5.81. The summed E-state index contributed by atoms with van der Waals surface area (Å²) in [6, 6.07) is 14.6. The van der Waals surface area contributed by atoms with Gasteiger partial charge >= 0.3 is 0 Å². The van der Waals surface area contributed by atoms with Crippen molar-refractivity contribution in [2.45, 2.75) is 33.2 Å². The number of benzene rings is 3. The molecule has 0 atom stereocenters. The maximum atomic E-state index is 2.44. The average molecular weight is 768 g/mol. The van der Waals surface area contributed by atoms with Crippen LogP contribution in [-0.2, 0) is 0 Å². The van der Waals surface area contributed by atoms with E-state index in [2.05, 4.69) is 235 Å². The lowest BCUT2D eigenvalue weighted by molar-refractivity contribution is 1.05. The Labute approximate surface area is 336 Å². The average Bonchev–Trinajstić information content (AvgIpc) is 3.29. The van der Waals surface area contributed by atoms with Gasteiger partial charge in [-0.15, -0.1) is 0 Å². The zero-order chi connectivity index (χ0) is 41.8. The molecule has 0 amide bonds. The van der Waals surface area contributed by atoms with Crippen molar-refractivity contribution in [3.63, 3.8) is 0 Å².